The fourth-order valence-electron chi connectivity index (χ4n) is 1.11. The van der Waals surface area contributed by atoms with E-state index >= 15 is 0 Å². The Morgan fingerprint density at radius 3 is 3.07 bits per heavy atom. The first-order valence-corrected chi connectivity index (χ1v) is 5.10. The number of nitrogens with zero attached hydrogens (tertiary/aromatic N) is 1. The Morgan fingerprint density at radius 1 is 1.43 bits per heavy atom. The maximum absolute atomic E-state index is 12.7. The Kier molecular flexibility index (Phi) is 2.74. The largest absolute Gasteiger partial charge is 0.380 e. The van der Waals surface area contributed by atoms with Crippen molar-refractivity contribution >= 4 is 17.0 Å². The van der Waals surface area contributed by atoms with Gasteiger partial charge in [0.1, 0.15) is 0 Å². The summed E-state index contributed by atoms with van der Waals surface area (Å²) in [6.07, 6.45) is 1.45. The average molecular weight is 208 g/mol. The number of nitrogens with one attached hydrogen (secondary N) is 1. The molecule has 0 fully saturated rings. The third-order valence-corrected chi connectivity index (χ3v) is 2.65. The summed E-state index contributed by atoms with van der Waals surface area (Å²) in [5, 5.41) is 5.14. The van der Waals surface area contributed by atoms with Gasteiger partial charge in [0.05, 0.1) is 0 Å². The second-order valence-electron chi connectivity index (χ2n) is 2.80. The molecule has 0 aromatic carbocycles. The van der Waals surface area contributed by atoms with Crippen LogP contribution in [-0.2, 0) is 6.54 Å². The topological polar surface area (TPSA) is 24.9 Å². The molecule has 4 heteroatoms. The van der Waals surface area contributed by atoms with Gasteiger partial charge in [0.15, 0.2) is 0 Å². The van der Waals surface area contributed by atoms with E-state index in [0.29, 0.717) is 0 Å². The molecule has 0 bridgehead atoms. The number of hydrogen-bond donors (Lipinski definition) is 1. The van der Waals surface area contributed by atoms with E-state index < -0.39 is 5.95 Å². The van der Waals surface area contributed by atoms with E-state index in [0.717, 1.165) is 12.2 Å². The minimum Gasteiger partial charge on any atom is -0.380 e. The number of pyridine rings is 1. The summed E-state index contributed by atoms with van der Waals surface area (Å²) in [7, 11) is 0. The van der Waals surface area contributed by atoms with Crippen LogP contribution in [0.3, 0.4) is 0 Å². The Hall–Kier alpha value is -1.42. The molecule has 0 aliphatic carbocycles. The SMILES string of the molecule is Fc1cc(NCc2cccs2)ccn1. The van der Waals surface area contributed by atoms with Gasteiger partial charge >= 0.3 is 0 Å². The Morgan fingerprint density at radius 2 is 2.36 bits per heavy atom. The number of rotatable bonds is 3. The highest BCUT2D eigenvalue weighted by molar-refractivity contribution is 7.09. The number of anilines is 1. The van der Waals surface area contributed by atoms with Crippen molar-refractivity contribution in [3.63, 3.8) is 0 Å². The van der Waals surface area contributed by atoms with Crippen molar-refractivity contribution in [1.82, 2.24) is 4.98 Å². The summed E-state index contributed by atoms with van der Waals surface area (Å²) in [4.78, 5) is 4.71. The van der Waals surface area contributed by atoms with Crippen molar-refractivity contribution in [3.05, 3.63) is 46.7 Å². The Labute approximate surface area is 85.4 Å². The molecule has 0 aliphatic rings. The third kappa shape index (κ3) is 2.29. The molecular weight excluding hydrogens is 199 g/mol. The fraction of sp³-hybridized carbons (Fsp3) is 0.100. The smallest absolute Gasteiger partial charge is 0.214 e. The van der Waals surface area contributed by atoms with Crippen LogP contribution < -0.4 is 5.32 Å². The van der Waals surface area contributed by atoms with Gasteiger partial charge in [0, 0.05) is 29.4 Å². The van der Waals surface area contributed by atoms with Crippen molar-refractivity contribution in [1.29, 1.82) is 0 Å². The fourth-order valence-corrected chi connectivity index (χ4v) is 1.76. The lowest BCUT2D eigenvalue weighted by Gasteiger charge is -2.03. The van der Waals surface area contributed by atoms with E-state index in [9.17, 15) is 4.39 Å². The van der Waals surface area contributed by atoms with Crippen LogP contribution in [0.25, 0.3) is 0 Å². The normalized spacial score (nSPS) is 10.1. The van der Waals surface area contributed by atoms with Crippen LogP contribution in [0.4, 0.5) is 10.1 Å². The highest BCUT2D eigenvalue weighted by Crippen LogP contribution is 2.12. The highest BCUT2D eigenvalue weighted by Gasteiger charge is 1.96. The van der Waals surface area contributed by atoms with Crippen LogP contribution in [0.5, 0.6) is 0 Å². The molecule has 2 aromatic heterocycles. The van der Waals surface area contributed by atoms with Gasteiger partial charge in [0.2, 0.25) is 5.95 Å². The molecule has 0 saturated carbocycles. The molecule has 0 atom stereocenters. The van der Waals surface area contributed by atoms with Crippen LogP contribution in [0.15, 0.2) is 35.8 Å². The van der Waals surface area contributed by atoms with E-state index in [-0.39, 0.29) is 0 Å². The van der Waals surface area contributed by atoms with Gasteiger partial charge in [-0.2, -0.15) is 4.39 Å². The summed E-state index contributed by atoms with van der Waals surface area (Å²) in [6.45, 7) is 0.723. The molecule has 72 valence electrons. The summed E-state index contributed by atoms with van der Waals surface area (Å²) in [5.74, 6) is -0.457. The zero-order valence-corrected chi connectivity index (χ0v) is 8.22. The molecular formula is C10H9FN2S. The molecule has 14 heavy (non-hydrogen) atoms. The zero-order valence-electron chi connectivity index (χ0n) is 7.40. The van der Waals surface area contributed by atoms with Crippen molar-refractivity contribution in [2.75, 3.05) is 5.32 Å². The molecule has 0 aliphatic heterocycles. The van der Waals surface area contributed by atoms with Crippen LogP contribution >= 0.6 is 11.3 Å². The average Bonchev–Trinajstić information content (AvgIpc) is 2.67. The first-order valence-electron chi connectivity index (χ1n) is 4.22. The molecule has 2 rings (SSSR count). The molecule has 2 heterocycles. The Balaban J connectivity index is 1.98. The third-order valence-electron chi connectivity index (χ3n) is 1.77. The van der Waals surface area contributed by atoms with Gasteiger partial charge in [0.25, 0.3) is 0 Å². The zero-order chi connectivity index (χ0) is 9.80. The van der Waals surface area contributed by atoms with E-state index in [4.69, 9.17) is 0 Å². The van der Waals surface area contributed by atoms with E-state index in [1.807, 2.05) is 17.5 Å². The number of hydrogen-bond acceptors (Lipinski definition) is 3. The lowest BCUT2D eigenvalue weighted by molar-refractivity contribution is 0.584. The second-order valence-corrected chi connectivity index (χ2v) is 3.83. The summed E-state index contributed by atoms with van der Waals surface area (Å²) >= 11 is 1.67. The van der Waals surface area contributed by atoms with Crippen molar-refractivity contribution in [2.45, 2.75) is 6.54 Å². The highest BCUT2D eigenvalue weighted by atomic mass is 32.1. The first kappa shape index (κ1) is 9.15. The quantitative estimate of drug-likeness (QED) is 0.784. The number of halogens is 1. The minimum atomic E-state index is -0.457. The summed E-state index contributed by atoms with van der Waals surface area (Å²) < 4.78 is 12.7. The monoisotopic (exact) mass is 208 g/mol. The molecule has 0 unspecified atom stereocenters. The summed E-state index contributed by atoms with van der Waals surface area (Å²) in [6, 6.07) is 7.16. The van der Waals surface area contributed by atoms with E-state index in [1.54, 1.807) is 17.4 Å². The lowest BCUT2D eigenvalue weighted by Crippen LogP contribution is -1.97. The van der Waals surface area contributed by atoms with Gasteiger partial charge in [-0.15, -0.1) is 11.3 Å². The predicted molar refractivity (Wildman–Crippen MR) is 55.8 cm³/mol. The number of aromatic nitrogens is 1. The predicted octanol–water partition coefficient (Wildman–Crippen LogP) is 2.89. The van der Waals surface area contributed by atoms with E-state index in [2.05, 4.69) is 10.3 Å². The lowest BCUT2D eigenvalue weighted by atomic mass is 10.4. The molecule has 2 aromatic rings. The molecule has 0 radical (unpaired) electrons. The van der Waals surface area contributed by atoms with Gasteiger partial charge in [-0.1, -0.05) is 6.07 Å². The van der Waals surface area contributed by atoms with Crippen LogP contribution in [0.1, 0.15) is 4.88 Å². The van der Waals surface area contributed by atoms with Crippen LogP contribution in [0.2, 0.25) is 0 Å². The maximum atomic E-state index is 12.7. The van der Waals surface area contributed by atoms with Crippen LogP contribution in [-0.4, -0.2) is 4.98 Å². The van der Waals surface area contributed by atoms with Crippen LogP contribution in [0, 0.1) is 5.95 Å². The van der Waals surface area contributed by atoms with Crippen molar-refractivity contribution in [2.24, 2.45) is 0 Å². The standard InChI is InChI=1S/C10H9FN2S/c11-10-6-8(3-4-12-10)13-7-9-2-1-5-14-9/h1-6H,7H2,(H,12,13). The first-order chi connectivity index (χ1) is 6.84. The van der Waals surface area contributed by atoms with Gasteiger partial charge in [-0.05, 0) is 17.5 Å². The summed E-state index contributed by atoms with van der Waals surface area (Å²) in [5.41, 5.74) is 0.755. The van der Waals surface area contributed by atoms with Gasteiger partial charge in [-0.3, -0.25) is 0 Å². The van der Waals surface area contributed by atoms with Crippen molar-refractivity contribution in [3.8, 4) is 0 Å². The second kappa shape index (κ2) is 4.19. The molecule has 1 N–H and O–H groups in total. The number of thiophene rings is 1. The minimum absolute atomic E-state index is 0.457. The molecule has 0 spiro atoms. The Bertz CT molecular complexity index is 400. The maximum Gasteiger partial charge on any atom is 0.214 e. The van der Waals surface area contributed by atoms with Crippen molar-refractivity contribution < 1.29 is 4.39 Å². The molecule has 0 amide bonds. The van der Waals surface area contributed by atoms with Gasteiger partial charge < -0.3 is 5.32 Å². The molecule has 2 nitrogen and oxygen atoms in total. The molecule has 0 saturated heterocycles. The van der Waals surface area contributed by atoms with Gasteiger partial charge in [-0.25, -0.2) is 4.98 Å². The van der Waals surface area contributed by atoms with E-state index in [1.165, 1.54) is 17.1 Å².